The molecule has 0 amide bonds. The summed E-state index contributed by atoms with van der Waals surface area (Å²) in [4.78, 5) is 11.7. The summed E-state index contributed by atoms with van der Waals surface area (Å²) in [5, 5.41) is 0. The third kappa shape index (κ3) is 36.8. The van der Waals surface area contributed by atoms with E-state index in [0.29, 0.717) is 13.2 Å². The topological polar surface area (TPSA) is 35.5 Å². The molecule has 0 fully saturated rings. The molecule has 248 valence electrons. The number of hydrogen-bond acceptors (Lipinski definition) is 3. The van der Waals surface area contributed by atoms with Gasteiger partial charge in [-0.2, -0.15) is 0 Å². The van der Waals surface area contributed by atoms with Crippen molar-refractivity contribution in [2.24, 2.45) is 5.92 Å². The van der Waals surface area contributed by atoms with Crippen LogP contribution in [-0.2, 0) is 9.47 Å². The molecule has 0 aliphatic heterocycles. The molecule has 0 rings (SSSR count). The predicted molar refractivity (Wildman–Crippen MR) is 185 cm³/mol. The second-order valence-corrected chi connectivity index (χ2v) is 13.0. The molecule has 0 radical (unpaired) electrons. The zero-order valence-electron chi connectivity index (χ0n) is 28.8. The molecular formula is C39H74O3. The van der Waals surface area contributed by atoms with E-state index in [-0.39, 0.29) is 0 Å². The van der Waals surface area contributed by atoms with Crippen molar-refractivity contribution < 1.29 is 14.3 Å². The van der Waals surface area contributed by atoms with Crippen molar-refractivity contribution >= 4 is 6.16 Å². The number of carbonyl (C=O) groups is 1. The molecule has 3 heteroatoms. The van der Waals surface area contributed by atoms with Crippen LogP contribution >= 0.6 is 0 Å². The van der Waals surface area contributed by atoms with Crippen LogP contribution in [0.5, 0.6) is 0 Å². The van der Waals surface area contributed by atoms with Gasteiger partial charge in [-0.05, 0) is 50.9 Å². The van der Waals surface area contributed by atoms with Gasteiger partial charge < -0.3 is 9.47 Å². The fraction of sp³-hybridized carbons (Fsp3) is 0.872. The van der Waals surface area contributed by atoms with E-state index in [4.69, 9.17) is 9.47 Å². The molecule has 0 atom stereocenters. The Labute approximate surface area is 264 Å². The molecule has 0 aliphatic carbocycles. The molecule has 0 spiro atoms. The Bertz CT molecular complexity index is 580. The Morgan fingerprint density at radius 1 is 0.476 bits per heavy atom. The van der Waals surface area contributed by atoms with Crippen LogP contribution in [0.4, 0.5) is 4.79 Å². The van der Waals surface area contributed by atoms with Crippen molar-refractivity contribution in [3.05, 3.63) is 24.3 Å². The Hall–Kier alpha value is -1.25. The van der Waals surface area contributed by atoms with Crippen LogP contribution < -0.4 is 0 Å². The maximum atomic E-state index is 11.7. The molecule has 3 nitrogen and oxygen atoms in total. The zero-order valence-corrected chi connectivity index (χ0v) is 28.8. The highest BCUT2D eigenvalue weighted by Gasteiger charge is 2.03. The van der Waals surface area contributed by atoms with Crippen LogP contribution in [0.2, 0.25) is 0 Å². The number of hydrogen-bond donors (Lipinski definition) is 0. The number of allylic oxidation sites excluding steroid dienone is 4. The highest BCUT2D eigenvalue weighted by molar-refractivity contribution is 5.59. The van der Waals surface area contributed by atoms with Crippen LogP contribution in [-0.4, -0.2) is 19.4 Å². The van der Waals surface area contributed by atoms with Crippen molar-refractivity contribution in [1.82, 2.24) is 0 Å². The van der Waals surface area contributed by atoms with E-state index in [1.165, 1.54) is 148 Å². The van der Waals surface area contributed by atoms with Gasteiger partial charge in [0.15, 0.2) is 0 Å². The summed E-state index contributed by atoms with van der Waals surface area (Å²) in [5.41, 5.74) is 0. The van der Waals surface area contributed by atoms with E-state index in [0.717, 1.165) is 38.0 Å². The number of ether oxygens (including phenoxy) is 2. The fourth-order valence-corrected chi connectivity index (χ4v) is 5.40. The van der Waals surface area contributed by atoms with Crippen LogP contribution in [0.15, 0.2) is 24.3 Å². The molecule has 0 N–H and O–H groups in total. The highest BCUT2D eigenvalue weighted by Crippen LogP contribution is 2.15. The van der Waals surface area contributed by atoms with Gasteiger partial charge in [0.25, 0.3) is 0 Å². The van der Waals surface area contributed by atoms with E-state index >= 15 is 0 Å². The van der Waals surface area contributed by atoms with Gasteiger partial charge in [-0.1, -0.05) is 180 Å². The minimum absolute atomic E-state index is 0.483. The quantitative estimate of drug-likeness (QED) is 0.0433. The van der Waals surface area contributed by atoms with E-state index in [1.54, 1.807) is 0 Å². The highest BCUT2D eigenvalue weighted by atomic mass is 16.7. The maximum Gasteiger partial charge on any atom is 0.508 e. The SMILES string of the molecule is CCCCCC=CCC=CCCCCCCCCOC(=O)OCCCCCCCCCCCCCCCCCC(C)C. The smallest absolute Gasteiger partial charge is 0.434 e. The summed E-state index contributed by atoms with van der Waals surface area (Å²) in [7, 11) is 0. The van der Waals surface area contributed by atoms with Gasteiger partial charge in [0, 0.05) is 0 Å². The second kappa shape index (κ2) is 35.9. The summed E-state index contributed by atoms with van der Waals surface area (Å²) in [6, 6.07) is 0. The molecule has 0 saturated heterocycles. The van der Waals surface area contributed by atoms with Crippen LogP contribution in [0.3, 0.4) is 0 Å². The lowest BCUT2D eigenvalue weighted by atomic mass is 10.0. The molecule has 0 heterocycles. The third-order valence-electron chi connectivity index (χ3n) is 8.21. The molecule has 0 unspecified atom stereocenters. The monoisotopic (exact) mass is 591 g/mol. The van der Waals surface area contributed by atoms with Gasteiger partial charge in [0.2, 0.25) is 0 Å². The standard InChI is InChI=1S/C39H74O3/c1-4-5-6-7-8-9-10-11-12-15-18-21-24-27-30-33-36-41-39(40)42-37-34-31-28-25-22-19-16-13-14-17-20-23-26-29-32-35-38(2)3/h8-9,11-12,38H,4-7,10,13-37H2,1-3H3. The molecule has 0 saturated carbocycles. The first kappa shape index (κ1) is 40.8. The Kier molecular flexibility index (Phi) is 34.9. The van der Waals surface area contributed by atoms with Gasteiger partial charge in [0.05, 0.1) is 13.2 Å². The predicted octanol–water partition coefficient (Wildman–Crippen LogP) is 13.9. The number of carbonyl (C=O) groups excluding carboxylic acids is 1. The Balaban J connectivity index is 3.21. The first-order valence-electron chi connectivity index (χ1n) is 18.8. The normalized spacial score (nSPS) is 11.8. The van der Waals surface area contributed by atoms with Crippen molar-refractivity contribution in [3.8, 4) is 0 Å². The fourth-order valence-electron chi connectivity index (χ4n) is 5.40. The zero-order chi connectivity index (χ0) is 30.6. The lowest BCUT2D eigenvalue weighted by Crippen LogP contribution is -2.09. The van der Waals surface area contributed by atoms with Crippen LogP contribution in [0, 0.1) is 5.92 Å². The van der Waals surface area contributed by atoms with E-state index < -0.39 is 6.16 Å². The molecule has 0 aliphatic rings. The van der Waals surface area contributed by atoms with Crippen LogP contribution in [0.1, 0.15) is 201 Å². The average Bonchev–Trinajstić information content (AvgIpc) is 2.98. The Morgan fingerprint density at radius 2 is 0.833 bits per heavy atom. The largest absolute Gasteiger partial charge is 0.508 e. The third-order valence-corrected chi connectivity index (χ3v) is 8.21. The molecule has 0 aromatic carbocycles. The molecule has 0 aromatic heterocycles. The number of rotatable bonds is 33. The summed E-state index contributed by atoms with van der Waals surface area (Å²) in [6.45, 7) is 7.90. The van der Waals surface area contributed by atoms with E-state index in [2.05, 4.69) is 45.1 Å². The minimum atomic E-state index is -0.483. The van der Waals surface area contributed by atoms with Crippen molar-refractivity contribution in [2.45, 2.75) is 201 Å². The summed E-state index contributed by atoms with van der Waals surface area (Å²) >= 11 is 0. The van der Waals surface area contributed by atoms with Gasteiger partial charge in [-0.3, -0.25) is 0 Å². The van der Waals surface area contributed by atoms with Crippen molar-refractivity contribution in [1.29, 1.82) is 0 Å². The summed E-state index contributed by atoms with van der Waals surface area (Å²) < 4.78 is 10.4. The average molecular weight is 591 g/mol. The van der Waals surface area contributed by atoms with Gasteiger partial charge in [-0.15, -0.1) is 0 Å². The van der Waals surface area contributed by atoms with Crippen LogP contribution in [0.25, 0.3) is 0 Å². The maximum absolute atomic E-state index is 11.7. The molecule has 0 bridgehead atoms. The minimum Gasteiger partial charge on any atom is -0.434 e. The first-order chi connectivity index (χ1) is 20.7. The lowest BCUT2D eigenvalue weighted by molar-refractivity contribution is 0.0529. The Morgan fingerprint density at radius 3 is 1.24 bits per heavy atom. The van der Waals surface area contributed by atoms with Crippen molar-refractivity contribution in [2.75, 3.05) is 13.2 Å². The van der Waals surface area contributed by atoms with Gasteiger partial charge in [0.1, 0.15) is 0 Å². The van der Waals surface area contributed by atoms with E-state index in [1.807, 2.05) is 0 Å². The van der Waals surface area contributed by atoms with Crippen molar-refractivity contribution in [3.63, 3.8) is 0 Å². The van der Waals surface area contributed by atoms with Gasteiger partial charge in [-0.25, -0.2) is 4.79 Å². The molecule has 42 heavy (non-hydrogen) atoms. The summed E-state index contributed by atoms with van der Waals surface area (Å²) in [6.07, 6.45) is 45.0. The van der Waals surface area contributed by atoms with Gasteiger partial charge >= 0.3 is 6.16 Å². The first-order valence-corrected chi connectivity index (χ1v) is 18.8. The lowest BCUT2D eigenvalue weighted by Gasteiger charge is -2.07. The second-order valence-electron chi connectivity index (χ2n) is 13.0. The molecule has 0 aromatic rings. The van der Waals surface area contributed by atoms with E-state index in [9.17, 15) is 4.79 Å². The summed E-state index contributed by atoms with van der Waals surface area (Å²) in [5.74, 6) is 0.871. The molecular weight excluding hydrogens is 516 g/mol. The number of unbranched alkanes of at least 4 members (excludes halogenated alkanes) is 23.